The first-order valence-corrected chi connectivity index (χ1v) is 6.54. The molecule has 21 heavy (non-hydrogen) atoms. The molecule has 1 N–H and O–H groups in total. The van der Waals surface area contributed by atoms with Crippen molar-refractivity contribution in [3.05, 3.63) is 58.9 Å². The predicted molar refractivity (Wildman–Crippen MR) is 74.2 cm³/mol. The van der Waals surface area contributed by atoms with Crippen molar-refractivity contribution in [3.63, 3.8) is 0 Å². The van der Waals surface area contributed by atoms with Gasteiger partial charge in [0, 0.05) is 13.1 Å². The summed E-state index contributed by atoms with van der Waals surface area (Å²) in [6.45, 7) is 1.27. The Balaban J connectivity index is 1.64. The van der Waals surface area contributed by atoms with E-state index in [9.17, 15) is 4.39 Å². The monoisotopic (exact) mass is 284 g/mol. The molecule has 0 amide bonds. The van der Waals surface area contributed by atoms with Gasteiger partial charge < -0.3 is 14.8 Å². The van der Waals surface area contributed by atoms with Crippen molar-refractivity contribution in [2.24, 2.45) is 0 Å². The minimum atomic E-state index is -0.339. The Bertz CT molecular complexity index is 710. The van der Waals surface area contributed by atoms with E-state index < -0.39 is 0 Å². The van der Waals surface area contributed by atoms with Gasteiger partial charge in [-0.3, -0.25) is 0 Å². The SMILES string of the molecule is N#Cc1ccc(F)cc1CNCc1ccc2c(c1)OCO2. The Labute approximate surface area is 121 Å². The van der Waals surface area contributed by atoms with Crippen molar-refractivity contribution in [2.45, 2.75) is 13.1 Å². The van der Waals surface area contributed by atoms with Crippen molar-refractivity contribution in [3.8, 4) is 17.6 Å². The molecule has 0 aromatic heterocycles. The molecule has 0 radical (unpaired) electrons. The number of nitrogens with zero attached hydrogens (tertiary/aromatic N) is 1. The van der Waals surface area contributed by atoms with Crippen LogP contribution in [0.1, 0.15) is 16.7 Å². The maximum atomic E-state index is 13.2. The summed E-state index contributed by atoms with van der Waals surface area (Å²) in [6.07, 6.45) is 0. The zero-order valence-corrected chi connectivity index (χ0v) is 11.2. The van der Waals surface area contributed by atoms with Gasteiger partial charge in [0.25, 0.3) is 0 Å². The van der Waals surface area contributed by atoms with Crippen LogP contribution in [0.4, 0.5) is 4.39 Å². The highest BCUT2D eigenvalue weighted by Crippen LogP contribution is 2.32. The van der Waals surface area contributed by atoms with Crippen LogP contribution in [0.2, 0.25) is 0 Å². The number of hydrogen-bond acceptors (Lipinski definition) is 4. The second kappa shape index (κ2) is 5.81. The average Bonchev–Trinajstić information content (AvgIpc) is 2.95. The van der Waals surface area contributed by atoms with Gasteiger partial charge in [-0.2, -0.15) is 5.26 Å². The molecule has 0 aliphatic carbocycles. The third-order valence-electron chi connectivity index (χ3n) is 3.27. The van der Waals surface area contributed by atoms with Gasteiger partial charge in [0.05, 0.1) is 11.6 Å². The fourth-order valence-electron chi connectivity index (χ4n) is 2.21. The van der Waals surface area contributed by atoms with Gasteiger partial charge >= 0.3 is 0 Å². The first kappa shape index (κ1) is 13.4. The lowest BCUT2D eigenvalue weighted by atomic mass is 10.1. The maximum absolute atomic E-state index is 13.2. The number of nitrogens with one attached hydrogen (secondary N) is 1. The van der Waals surface area contributed by atoms with Gasteiger partial charge in [-0.25, -0.2) is 4.39 Å². The normalized spacial score (nSPS) is 12.2. The van der Waals surface area contributed by atoms with Crippen molar-refractivity contribution in [1.82, 2.24) is 5.32 Å². The van der Waals surface area contributed by atoms with Crippen LogP contribution in [0.5, 0.6) is 11.5 Å². The fraction of sp³-hybridized carbons (Fsp3) is 0.188. The first-order valence-electron chi connectivity index (χ1n) is 6.54. The molecule has 5 heteroatoms. The van der Waals surface area contributed by atoms with E-state index in [1.165, 1.54) is 18.2 Å². The largest absolute Gasteiger partial charge is 0.454 e. The zero-order valence-electron chi connectivity index (χ0n) is 11.2. The van der Waals surface area contributed by atoms with E-state index in [0.717, 1.165) is 17.1 Å². The number of hydrogen-bond donors (Lipinski definition) is 1. The molecule has 0 unspecified atom stereocenters. The standard InChI is InChI=1S/C16H13FN2O2/c17-14-3-2-12(7-18)13(6-14)9-19-8-11-1-4-15-16(5-11)21-10-20-15/h1-6,19H,8-10H2. The van der Waals surface area contributed by atoms with Gasteiger partial charge in [0.1, 0.15) is 5.82 Å². The summed E-state index contributed by atoms with van der Waals surface area (Å²) < 4.78 is 23.8. The number of benzene rings is 2. The Hall–Kier alpha value is -2.58. The molecule has 0 atom stereocenters. The minimum absolute atomic E-state index is 0.251. The van der Waals surface area contributed by atoms with Crippen LogP contribution in [0.15, 0.2) is 36.4 Å². The molecule has 0 saturated heterocycles. The molecule has 2 aromatic carbocycles. The van der Waals surface area contributed by atoms with Crippen molar-refractivity contribution in [1.29, 1.82) is 5.26 Å². The second-order valence-corrected chi connectivity index (χ2v) is 4.70. The highest BCUT2D eigenvalue weighted by atomic mass is 19.1. The lowest BCUT2D eigenvalue weighted by Gasteiger charge is -2.07. The van der Waals surface area contributed by atoms with Gasteiger partial charge in [0.15, 0.2) is 11.5 Å². The molecule has 1 aliphatic rings. The van der Waals surface area contributed by atoms with E-state index in [0.29, 0.717) is 24.2 Å². The van der Waals surface area contributed by atoms with E-state index in [-0.39, 0.29) is 12.6 Å². The molecular weight excluding hydrogens is 271 g/mol. The van der Waals surface area contributed by atoms with Crippen molar-refractivity contribution < 1.29 is 13.9 Å². The maximum Gasteiger partial charge on any atom is 0.231 e. The van der Waals surface area contributed by atoms with E-state index in [1.807, 2.05) is 18.2 Å². The van der Waals surface area contributed by atoms with Crippen LogP contribution in [-0.4, -0.2) is 6.79 Å². The third-order valence-corrected chi connectivity index (χ3v) is 3.27. The molecule has 106 valence electrons. The molecule has 0 fully saturated rings. The molecule has 4 nitrogen and oxygen atoms in total. The molecule has 0 bridgehead atoms. The summed E-state index contributed by atoms with van der Waals surface area (Å²) in [4.78, 5) is 0. The van der Waals surface area contributed by atoms with Crippen LogP contribution in [0, 0.1) is 17.1 Å². The third kappa shape index (κ3) is 2.96. The highest BCUT2D eigenvalue weighted by Gasteiger charge is 2.13. The van der Waals surface area contributed by atoms with Gasteiger partial charge in [-0.1, -0.05) is 6.07 Å². The lowest BCUT2D eigenvalue weighted by Crippen LogP contribution is -2.13. The van der Waals surface area contributed by atoms with Crippen LogP contribution >= 0.6 is 0 Å². The summed E-state index contributed by atoms with van der Waals surface area (Å²) in [5, 5.41) is 12.2. The quantitative estimate of drug-likeness (QED) is 0.938. The number of halogens is 1. The molecule has 0 spiro atoms. The second-order valence-electron chi connectivity index (χ2n) is 4.70. The van der Waals surface area contributed by atoms with Gasteiger partial charge in [0.2, 0.25) is 6.79 Å². The predicted octanol–water partition coefficient (Wildman–Crippen LogP) is 2.72. The van der Waals surface area contributed by atoms with E-state index in [2.05, 4.69) is 11.4 Å². The Kier molecular flexibility index (Phi) is 3.71. The smallest absolute Gasteiger partial charge is 0.231 e. The van der Waals surface area contributed by atoms with Crippen LogP contribution in [0.3, 0.4) is 0 Å². The van der Waals surface area contributed by atoms with Crippen LogP contribution in [0.25, 0.3) is 0 Å². The van der Waals surface area contributed by atoms with E-state index >= 15 is 0 Å². The Morgan fingerprint density at radius 1 is 1.10 bits per heavy atom. The minimum Gasteiger partial charge on any atom is -0.454 e. The number of fused-ring (bicyclic) bond motifs is 1. The summed E-state index contributed by atoms with van der Waals surface area (Å²) in [5.41, 5.74) is 2.17. The van der Waals surface area contributed by atoms with E-state index in [1.54, 1.807) is 0 Å². The average molecular weight is 284 g/mol. The first-order chi connectivity index (χ1) is 10.3. The topological polar surface area (TPSA) is 54.3 Å². The van der Waals surface area contributed by atoms with Gasteiger partial charge in [-0.05, 0) is 41.5 Å². The number of ether oxygens (including phenoxy) is 2. The summed E-state index contributed by atoms with van der Waals surface area (Å²) in [7, 11) is 0. The summed E-state index contributed by atoms with van der Waals surface area (Å²) in [5.74, 6) is 1.14. The lowest BCUT2D eigenvalue weighted by molar-refractivity contribution is 0.174. The molecule has 1 aliphatic heterocycles. The van der Waals surface area contributed by atoms with E-state index in [4.69, 9.17) is 14.7 Å². The summed E-state index contributed by atoms with van der Waals surface area (Å²) >= 11 is 0. The fourth-order valence-corrected chi connectivity index (χ4v) is 2.21. The Morgan fingerprint density at radius 3 is 2.81 bits per heavy atom. The molecule has 0 saturated carbocycles. The molecule has 1 heterocycles. The summed E-state index contributed by atoms with van der Waals surface area (Å²) in [6, 6.07) is 11.9. The van der Waals surface area contributed by atoms with Crippen molar-refractivity contribution in [2.75, 3.05) is 6.79 Å². The van der Waals surface area contributed by atoms with Gasteiger partial charge in [-0.15, -0.1) is 0 Å². The molecular formula is C16H13FN2O2. The van der Waals surface area contributed by atoms with Crippen LogP contribution < -0.4 is 14.8 Å². The number of rotatable bonds is 4. The molecule has 2 aromatic rings. The number of nitriles is 1. The molecule has 3 rings (SSSR count). The zero-order chi connectivity index (χ0) is 14.7. The van der Waals surface area contributed by atoms with Crippen molar-refractivity contribution >= 4 is 0 Å². The Morgan fingerprint density at radius 2 is 1.95 bits per heavy atom. The van der Waals surface area contributed by atoms with Crippen LogP contribution in [-0.2, 0) is 13.1 Å². The highest BCUT2D eigenvalue weighted by molar-refractivity contribution is 5.44.